The van der Waals surface area contributed by atoms with Crippen molar-refractivity contribution in [3.63, 3.8) is 0 Å². The van der Waals surface area contributed by atoms with Crippen LogP contribution in [0.2, 0.25) is 0 Å². The van der Waals surface area contributed by atoms with E-state index in [0.29, 0.717) is 18.0 Å². The molecule has 0 aliphatic heterocycles. The molecule has 0 bridgehead atoms. The lowest BCUT2D eigenvalue weighted by Crippen LogP contribution is -2.18. The minimum absolute atomic E-state index is 0.0345. The molecule has 1 aromatic heterocycles. The Labute approximate surface area is 125 Å². The molecule has 0 saturated heterocycles. The highest BCUT2D eigenvalue weighted by Gasteiger charge is 2.18. The summed E-state index contributed by atoms with van der Waals surface area (Å²) in [5.74, 6) is -0.103. The van der Waals surface area contributed by atoms with Gasteiger partial charge in [0.25, 0.3) is 0 Å². The molecule has 0 spiro atoms. The number of esters is 1. The molecular weight excluding hydrogens is 270 g/mol. The predicted octanol–water partition coefficient (Wildman–Crippen LogP) is 2.46. The molecule has 6 heteroatoms. The SMILES string of the molecule is COC(=O)Cn1cc(NC(=O)CC(C)CC(C)(C)C)cn1. The molecule has 1 heterocycles. The second-order valence-electron chi connectivity index (χ2n) is 6.62. The number of nitrogens with zero attached hydrogens (tertiary/aromatic N) is 2. The van der Waals surface area contributed by atoms with Gasteiger partial charge in [-0.25, -0.2) is 0 Å². The summed E-state index contributed by atoms with van der Waals surface area (Å²) in [4.78, 5) is 23.1. The minimum Gasteiger partial charge on any atom is -0.468 e. The molecule has 21 heavy (non-hydrogen) atoms. The Kier molecular flexibility index (Phi) is 5.93. The summed E-state index contributed by atoms with van der Waals surface area (Å²) in [5, 5.41) is 6.79. The lowest BCUT2D eigenvalue weighted by molar-refractivity contribution is -0.141. The predicted molar refractivity (Wildman–Crippen MR) is 80.7 cm³/mol. The van der Waals surface area contributed by atoms with Crippen molar-refractivity contribution in [3.8, 4) is 0 Å². The number of hydrogen-bond donors (Lipinski definition) is 1. The smallest absolute Gasteiger partial charge is 0.327 e. The lowest BCUT2D eigenvalue weighted by Gasteiger charge is -2.22. The molecule has 1 N–H and O–H groups in total. The number of amides is 1. The number of rotatable bonds is 6. The van der Waals surface area contributed by atoms with Crippen molar-refractivity contribution in [1.29, 1.82) is 0 Å². The van der Waals surface area contributed by atoms with Crippen molar-refractivity contribution >= 4 is 17.6 Å². The second kappa shape index (κ2) is 7.24. The summed E-state index contributed by atoms with van der Waals surface area (Å²) in [6, 6.07) is 0. The summed E-state index contributed by atoms with van der Waals surface area (Å²) in [6.45, 7) is 8.60. The first-order valence-electron chi connectivity index (χ1n) is 7.09. The zero-order chi connectivity index (χ0) is 16.0. The van der Waals surface area contributed by atoms with Crippen LogP contribution in [0.3, 0.4) is 0 Å². The standard InChI is InChI=1S/C15H25N3O3/c1-11(7-15(2,3)4)6-13(19)17-12-8-16-18(9-12)10-14(20)21-5/h8-9,11H,6-7,10H2,1-5H3,(H,17,19). The van der Waals surface area contributed by atoms with Gasteiger partial charge in [-0.15, -0.1) is 0 Å². The van der Waals surface area contributed by atoms with Gasteiger partial charge in [0, 0.05) is 12.6 Å². The molecule has 1 unspecified atom stereocenters. The number of aromatic nitrogens is 2. The molecular formula is C15H25N3O3. The third kappa shape index (κ3) is 6.92. The Balaban J connectivity index is 2.46. The summed E-state index contributed by atoms with van der Waals surface area (Å²) in [5.41, 5.74) is 0.803. The van der Waals surface area contributed by atoms with Gasteiger partial charge in [0.15, 0.2) is 0 Å². The van der Waals surface area contributed by atoms with Crippen LogP contribution in [0.1, 0.15) is 40.5 Å². The second-order valence-corrected chi connectivity index (χ2v) is 6.62. The first-order valence-corrected chi connectivity index (χ1v) is 7.09. The normalized spacial score (nSPS) is 12.8. The highest BCUT2D eigenvalue weighted by Crippen LogP contribution is 2.26. The molecule has 0 fully saturated rings. The number of hydrogen-bond acceptors (Lipinski definition) is 4. The van der Waals surface area contributed by atoms with E-state index in [1.807, 2.05) is 0 Å². The van der Waals surface area contributed by atoms with Crippen LogP contribution in [-0.2, 0) is 20.9 Å². The fourth-order valence-electron chi connectivity index (χ4n) is 2.36. The first kappa shape index (κ1) is 17.2. The van der Waals surface area contributed by atoms with Crippen molar-refractivity contribution in [2.24, 2.45) is 11.3 Å². The number of ether oxygens (including phenoxy) is 1. The van der Waals surface area contributed by atoms with Crippen LogP contribution in [0.4, 0.5) is 5.69 Å². The molecule has 1 atom stereocenters. The van der Waals surface area contributed by atoms with Gasteiger partial charge in [-0.2, -0.15) is 5.10 Å². The van der Waals surface area contributed by atoms with Gasteiger partial charge in [0.1, 0.15) is 6.54 Å². The van der Waals surface area contributed by atoms with E-state index in [-0.39, 0.29) is 23.8 Å². The van der Waals surface area contributed by atoms with E-state index >= 15 is 0 Å². The van der Waals surface area contributed by atoms with E-state index < -0.39 is 0 Å². The van der Waals surface area contributed by atoms with Crippen molar-refractivity contribution in [1.82, 2.24) is 9.78 Å². The maximum absolute atomic E-state index is 12.0. The monoisotopic (exact) mass is 295 g/mol. The topological polar surface area (TPSA) is 73.2 Å². The van der Waals surface area contributed by atoms with Crippen LogP contribution in [0, 0.1) is 11.3 Å². The zero-order valence-corrected chi connectivity index (χ0v) is 13.5. The van der Waals surface area contributed by atoms with Crippen LogP contribution in [0.5, 0.6) is 0 Å². The molecule has 0 aliphatic carbocycles. The Bertz CT molecular complexity index is 489. The van der Waals surface area contributed by atoms with E-state index in [9.17, 15) is 9.59 Å². The molecule has 0 aliphatic rings. The van der Waals surface area contributed by atoms with Gasteiger partial charge in [0.2, 0.25) is 5.91 Å². The Morgan fingerprint density at radius 2 is 2.10 bits per heavy atom. The van der Waals surface area contributed by atoms with Crippen molar-refractivity contribution in [2.75, 3.05) is 12.4 Å². The fourth-order valence-corrected chi connectivity index (χ4v) is 2.36. The number of methoxy groups -OCH3 is 1. The van der Waals surface area contributed by atoms with Crippen molar-refractivity contribution in [3.05, 3.63) is 12.4 Å². The lowest BCUT2D eigenvalue weighted by atomic mass is 9.84. The van der Waals surface area contributed by atoms with Gasteiger partial charge in [-0.3, -0.25) is 14.3 Å². The summed E-state index contributed by atoms with van der Waals surface area (Å²) < 4.78 is 5.99. The van der Waals surface area contributed by atoms with E-state index in [0.717, 1.165) is 6.42 Å². The highest BCUT2D eigenvalue weighted by molar-refractivity contribution is 5.90. The Morgan fingerprint density at radius 1 is 1.43 bits per heavy atom. The van der Waals surface area contributed by atoms with Gasteiger partial charge >= 0.3 is 5.97 Å². The number of carbonyl (C=O) groups is 2. The molecule has 1 rings (SSSR count). The fraction of sp³-hybridized carbons (Fsp3) is 0.667. The molecule has 0 saturated carbocycles. The van der Waals surface area contributed by atoms with E-state index in [2.05, 4.69) is 42.8 Å². The summed E-state index contributed by atoms with van der Waals surface area (Å²) >= 11 is 0. The maximum Gasteiger partial charge on any atom is 0.327 e. The maximum atomic E-state index is 12.0. The van der Waals surface area contributed by atoms with Gasteiger partial charge in [-0.05, 0) is 17.8 Å². The van der Waals surface area contributed by atoms with Gasteiger partial charge in [-0.1, -0.05) is 27.7 Å². The molecule has 0 aromatic carbocycles. The third-order valence-electron chi connectivity index (χ3n) is 2.93. The molecule has 0 radical (unpaired) electrons. The van der Waals surface area contributed by atoms with E-state index in [4.69, 9.17) is 0 Å². The molecule has 118 valence electrons. The Morgan fingerprint density at radius 3 is 2.67 bits per heavy atom. The van der Waals surface area contributed by atoms with Crippen LogP contribution in [0.25, 0.3) is 0 Å². The van der Waals surface area contributed by atoms with Crippen LogP contribution in [0.15, 0.2) is 12.4 Å². The number of carbonyl (C=O) groups excluding carboxylic acids is 2. The average molecular weight is 295 g/mol. The largest absolute Gasteiger partial charge is 0.468 e. The average Bonchev–Trinajstić information content (AvgIpc) is 2.73. The first-order chi connectivity index (χ1) is 9.69. The van der Waals surface area contributed by atoms with Gasteiger partial charge < -0.3 is 10.1 Å². The summed E-state index contributed by atoms with van der Waals surface area (Å²) in [7, 11) is 1.32. The number of nitrogens with one attached hydrogen (secondary N) is 1. The van der Waals surface area contributed by atoms with E-state index in [1.54, 1.807) is 6.20 Å². The Hall–Kier alpha value is -1.85. The summed E-state index contributed by atoms with van der Waals surface area (Å²) in [6.07, 6.45) is 4.60. The highest BCUT2D eigenvalue weighted by atomic mass is 16.5. The molecule has 6 nitrogen and oxygen atoms in total. The van der Waals surface area contributed by atoms with Crippen LogP contribution in [-0.4, -0.2) is 28.8 Å². The number of anilines is 1. The van der Waals surface area contributed by atoms with Crippen LogP contribution < -0.4 is 5.32 Å². The van der Waals surface area contributed by atoms with Crippen molar-refractivity contribution < 1.29 is 14.3 Å². The van der Waals surface area contributed by atoms with Crippen LogP contribution >= 0.6 is 0 Å². The quantitative estimate of drug-likeness (QED) is 0.818. The van der Waals surface area contributed by atoms with Gasteiger partial charge in [0.05, 0.1) is 19.0 Å². The molecule has 1 aromatic rings. The molecule has 1 amide bonds. The minimum atomic E-state index is -0.380. The zero-order valence-electron chi connectivity index (χ0n) is 13.5. The van der Waals surface area contributed by atoms with E-state index in [1.165, 1.54) is 18.0 Å². The third-order valence-corrected chi connectivity index (χ3v) is 2.93. The van der Waals surface area contributed by atoms with Crippen molar-refractivity contribution in [2.45, 2.75) is 47.1 Å².